The van der Waals surface area contributed by atoms with Gasteiger partial charge in [0.25, 0.3) is 0 Å². The van der Waals surface area contributed by atoms with E-state index in [0.29, 0.717) is 5.75 Å². The number of hydrogen-bond acceptors (Lipinski definition) is 2. The van der Waals surface area contributed by atoms with E-state index in [2.05, 4.69) is 6.92 Å². The minimum atomic E-state index is -2.96. The van der Waals surface area contributed by atoms with Crippen molar-refractivity contribution in [3.8, 4) is 0 Å². The zero-order valence-electron chi connectivity index (χ0n) is 10.7. The van der Waals surface area contributed by atoms with E-state index in [1.807, 2.05) is 37.3 Å². The lowest BCUT2D eigenvalue weighted by molar-refractivity contribution is 0.530. The molecule has 2 nitrogen and oxygen atoms in total. The molecule has 0 aliphatic carbocycles. The molecule has 0 N–H and O–H groups in total. The SMILES string of the molecule is CCCCC(C)CS(=O)(=O)Cc1ccccc1. The van der Waals surface area contributed by atoms with E-state index in [1.165, 1.54) is 0 Å². The van der Waals surface area contributed by atoms with Gasteiger partial charge in [-0.25, -0.2) is 8.42 Å². The van der Waals surface area contributed by atoms with Crippen LogP contribution in [0.1, 0.15) is 38.7 Å². The van der Waals surface area contributed by atoms with Crippen LogP contribution in [0.2, 0.25) is 0 Å². The molecule has 1 aromatic carbocycles. The molecule has 0 fully saturated rings. The van der Waals surface area contributed by atoms with Crippen LogP contribution < -0.4 is 0 Å². The van der Waals surface area contributed by atoms with Crippen LogP contribution in [0.15, 0.2) is 30.3 Å². The van der Waals surface area contributed by atoms with Gasteiger partial charge in [0, 0.05) is 0 Å². The topological polar surface area (TPSA) is 34.1 Å². The third-order valence-electron chi connectivity index (χ3n) is 2.82. The summed E-state index contributed by atoms with van der Waals surface area (Å²) in [5, 5.41) is 0. The molecule has 1 unspecified atom stereocenters. The maximum atomic E-state index is 12.0. The van der Waals surface area contributed by atoms with Crippen molar-refractivity contribution >= 4 is 9.84 Å². The van der Waals surface area contributed by atoms with Gasteiger partial charge in [0.15, 0.2) is 9.84 Å². The van der Waals surface area contributed by atoms with Crippen LogP contribution in [-0.2, 0) is 15.6 Å². The number of rotatable bonds is 7. The van der Waals surface area contributed by atoms with Gasteiger partial charge in [0.2, 0.25) is 0 Å². The average molecular weight is 254 g/mol. The smallest absolute Gasteiger partial charge is 0.154 e. The molecule has 0 spiro atoms. The number of sulfone groups is 1. The molecule has 3 heteroatoms. The molecule has 0 aliphatic heterocycles. The number of hydrogen-bond donors (Lipinski definition) is 0. The Morgan fingerprint density at radius 3 is 2.41 bits per heavy atom. The third-order valence-corrected chi connectivity index (χ3v) is 4.67. The lowest BCUT2D eigenvalue weighted by atomic mass is 10.1. The van der Waals surface area contributed by atoms with Gasteiger partial charge in [-0.2, -0.15) is 0 Å². The van der Waals surface area contributed by atoms with Gasteiger partial charge in [-0.05, 0) is 17.9 Å². The highest BCUT2D eigenvalue weighted by Gasteiger charge is 2.16. The van der Waals surface area contributed by atoms with E-state index in [0.717, 1.165) is 24.8 Å². The van der Waals surface area contributed by atoms with Gasteiger partial charge in [-0.1, -0.05) is 57.0 Å². The molecule has 96 valence electrons. The fourth-order valence-corrected chi connectivity index (χ4v) is 3.81. The summed E-state index contributed by atoms with van der Waals surface area (Å²) in [5.41, 5.74) is 0.884. The van der Waals surface area contributed by atoms with E-state index in [9.17, 15) is 8.42 Å². The van der Waals surface area contributed by atoms with Crippen molar-refractivity contribution in [1.29, 1.82) is 0 Å². The van der Waals surface area contributed by atoms with Crippen molar-refractivity contribution in [2.24, 2.45) is 5.92 Å². The fraction of sp³-hybridized carbons (Fsp3) is 0.571. The molecular weight excluding hydrogens is 232 g/mol. The van der Waals surface area contributed by atoms with Gasteiger partial charge in [-0.3, -0.25) is 0 Å². The minimum absolute atomic E-state index is 0.171. The zero-order chi connectivity index (χ0) is 12.7. The van der Waals surface area contributed by atoms with Crippen LogP contribution in [0.4, 0.5) is 0 Å². The van der Waals surface area contributed by atoms with Gasteiger partial charge < -0.3 is 0 Å². The second-order valence-electron chi connectivity index (χ2n) is 4.79. The Morgan fingerprint density at radius 2 is 1.82 bits per heavy atom. The predicted molar refractivity (Wildman–Crippen MR) is 72.6 cm³/mol. The van der Waals surface area contributed by atoms with Crippen LogP contribution in [0.5, 0.6) is 0 Å². The average Bonchev–Trinajstić information content (AvgIpc) is 2.26. The van der Waals surface area contributed by atoms with Crippen LogP contribution in [-0.4, -0.2) is 14.2 Å². The van der Waals surface area contributed by atoms with Crippen molar-refractivity contribution in [2.75, 3.05) is 5.75 Å². The summed E-state index contributed by atoms with van der Waals surface area (Å²) >= 11 is 0. The first-order valence-corrected chi connectivity index (χ1v) is 8.10. The Kier molecular flexibility index (Phi) is 5.69. The van der Waals surface area contributed by atoms with Crippen LogP contribution in [0.25, 0.3) is 0 Å². The Morgan fingerprint density at radius 1 is 1.18 bits per heavy atom. The predicted octanol–water partition coefficient (Wildman–Crippen LogP) is 3.43. The summed E-state index contributed by atoms with van der Waals surface area (Å²) < 4.78 is 23.9. The molecule has 0 bridgehead atoms. The highest BCUT2D eigenvalue weighted by Crippen LogP contribution is 2.14. The van der Waals surface area contributed by atoms with Crippen molar-refractivity contribution in [3.05, 3.63) is 35.9 Å². The maximum absolute atomic E-state index is 12.0. The van der Waals surface area contributed by atoms with Gasteiger partial charge in [0.1, 0.15) is 0 Å². The highest BCUT2D eigenvalue weighted by atomic mass is 32.2. The van der Waals surface area contributed by atoms with Gasteiger partial charge in [-0.15, -0.1) is 0 Å². The molecule has 0 aliphatic rings. The van der Waals surface area contributed by atoms with E-state index in [-0.39, 0.29) is 11.7 Å². The van der Waals surface area contributed by atoms with E-state index in [1.54, 1.807) is 0 Å². The standard InChI is InChI=1S/C14H22O2S/c1-3-4-8-13(2)11-17(15,16)12-14-9-6-5-7-10-14/h5-7,9-10,13H,3-4,8,11-12H2,1-2H3. The molecule has 0 aromatic heterocycles. The molecule has 17 heavy (non-hydrogen) atoms. The fourth-order valence-electron chi connectivity index (χ4n) is 1.96. The summed E-state index contributed by atoms with van der Waals surface area (Å²) in [6, 6.07) is 9.40. The number of unbranched alkanes of at least 4 members (excludes halogenated alkanes) is 1. The number of benzene rings is 1. The summed E-state index contributed by atoms with van der Waals surface area (Å²) in [7, 11) is -2.96. The van der Waals surface area contributed by atoms with Gasteiger partial charge in [0.05, 0.1) is 11.5 Å². The van der Waals surface area contributed by atoms with Crippen molar-refractivity contribution < 1.29 is 8.42 Å². The van der Waals surface area contributed by atoms with Crippen LogP contribution in [0.3, 0.4) is 0 Å². The molecule has 0 radical (unpaired) electrons. The first-order valence-electron chi connectivity index (χ1n) is 6.28. The highest BCUT2D eigenvalue weighted by molar-refractivity contribution is 7.90. The third kappa shape index (κ3) is 5.87. The van der Waals surface area contributed by atoms with E-state index >= 15 is 0 Å². The van der Waals surface area contributed by atoms with Crippen molar-refractivity contribution in [1.82, 2.24) is 0 Å². The van der Waals surface area contributed by atoms with E-state index in [4.69, 9.17) is 0 Å². The Labute approximate surface area is 105 Å². The summed E-state index contributed by atoms with van der Waals surface area (Å²) in [4.78, 5) is 0. The van der Waals surface area contributed by atoms with Crippen LogP contribution >= 0.6 is 0 Å². The molecule has 0 heterocycles. The summed E-state index contributed by atoms with van der Waals surface area (Å²) in [5.74, 6) is 0.746. The lowest BCUT2D eigenvalue weighted by Crippen LogP contribution is -2.15. The molecular formula is C14H22O2S. The maximum Gasteiger partial charge on any atom is 0.154 e. The van der Waals surface area contributed by atoms with Crippen molar-refractivity contribution in [3.63, 3.8) is 0 Å². The summed E-state index contributed by atoms with van der Waals surface area (Å²) in [6.45, 7) is 4.16. The largest absolute Gasteiger partial charge is 0.228 e. The molecule has 0 saturated carbocycles. The minimum Gasteiger partial charge on any atom is -0.228 e. The quantitative estimate of drug-likeness (QED) is 0.747. The lowest BCUT2D eigenvalue weighted by Gasteiger charge is -2.11. The summed E-state index contributed by atoms with van der Waals surface area (Å²) in [6.07, 6.45) is 3.25. The zero-order valence-corrected chi connectivity index (χ0v) is 11.5. The normalized spacial score (nSPS) is 13.5. The van der Waals surface area contributed by atoms with Gasteiger partial charge >= 0.3 is 0 Å². The Hall–Kier alpha value is -0.830. The second-order valence-corrected chi connectivity index (χ2v) is 6.90. The Balaban J connectivity index is 2.52. The monoisotopic (exact) mass is 254 g/mol. The first kappa shape index (κ1) is 14.2. The second kappa shape index (κ2) is 6.80. The first-order chi connectivity index (χ1) is 8.03. The molecule has 1 atom stereocenters. The molecule has 1 rings (SSSR count). The molecule has 0 amide bonds. The van der Waals surface area contributed by atoms with Crippen LogP contribution in [0, 0.1) is 5.92 Å². The Bertz CT molecular complexity index is 409. The van der Waals surface area contributed by atoms with E-state index < -0.39 is 9.84 Å². The molecule has 1 aromatic rings. The molecule has 0 saturated heterocycles. The van der Waals surface area contributed by atoms with Crippen molar-refractivity contribution in [2.45, 2.75) is 38.9 Å².